The zero-order chi connectivity index (χ0) is 12.7. The molecule has 5 heteroatoms. The second-order valence-electron chi connectivity index (χ2n) is 4.49. The van der Waals surface area contributed by atoms with Crippen LogP contribution in [0.4, 0.5) is 5.88 Å². The molecule has 1 aromatic carbocycles. The topological polar surface area (TPSA) is 64.9 Å². The van der Waals surface area contributed by atoms with E-state index in [0.717, 1.165) is 21.7 Å². The standard InChI is InChI=1S/C13H13N3OS/c1-7(2)13-16-10-5-8(3-4-11(10)18-13)9-6-15-17-12(9)14/h3-7H,14H2,1-2H3. The van der Waals surface area contributed by atoms with Crippen LogP contribution in [0.5, 0.6) is 0 Å². The molecule has 18 heavy (non-hydrogen) atoms. The maximum Gasteiger partial charge on any atom is 0.229 e. The molecule has 4 nitrogen and oxygen atoms in total. The molecule has 2 N–H and O–H groups in total. The van der Waals surface area contributed by atoms with Gasteiger partial charge in [-0.05, 0) is 17.7 Å². The molecular weight excluding hydrogens is 246 g/mol. The van der Waals surface area contributed by atoms with Gasteiger partial charge in [-0.2, -0.15) is 0 Å². The van der Waals surface area contributed by atoms with Crippen molar-refractivity contribution in [1.82, 2.24) is 10.1 Å². The molecule has 92 valence electrons. The predicted molar refractivity (Wildman–Crippen MR) is 73.6 cm³/mol. The third-order valence-corrected chi connectivity index (χ3v) is 4.14. The van der Waals surface area contributed by atoms with Crippen molar-refractivity contribution in [3.05, 3.63) is 29.4 Å². The van der Waals surface area contributed by atoms with Crippen LogP contribution in [-0.2, 0) is 0 Å². The highest BCUT2D eigenvalue weighted by Gasteiger charge is 2.11. The van der Waals surface area contributed by atoms with Crippen LogP contribution in [0, 0.1) is 0 Å². The maximum atomic E-state index is 5.72. The van der Waals surface area contributed by atoms with Crippen molar-refractivity contribution in [2.45, 2.75) is 19.8 Å². The van der Waals surface area contributed by atoms with Gasteiger partial charge in [0.1, 0.15) is 0 Å². The molecule has 0 unspecified atom stereocenters. The molecule has 0 aliphatic carbocycles. The van der Waals surface area contributed by atoms with E-state index in [4.69, 9.17) is 10.3 Å². The molecule has 0 spiro atoms. The molecule has 0 amide bonds. The Labute approximate surface area is 108 Å². The maximum absolute atomic E-state index is 5.72. The highest BCUT2D eigenvalue weighted by molar-refractivity contribution is 7.18. The van der Waals surface area contributed by atoms with E-state index in [1.54, 1.807) is 17.5 Å². The van der Waals surface area contributed by atoms with E-state index >= 15 is 0 Å². The molecule has 0 aliphatic rings. The van der Waals surface area contributed by atoms with Crippen LogP contribution in [-0.4, -0.2) is 10.1 Å². The summed E-state index contributed by atoms with van der Waals surface area (Å²) in [6.45, 7) is 4.30. The summed E-state index contributed by atoms with van der Waals surface area (Å²) in [6.07, 6.45) is 1.63. The first-order chi connectivity index (χ1) is 8.65. The Bertz CT molecular complexity index is 699. The van der Waals surface area contributed by atoms with E-state index in [-0.39, 0.29) is 0 Å². The second kappa shape index (κ2) is 4.10. The first-order valence-corrected chi connectivity index (χ1v) is 6.58. The Morgan fingerprint density at radius 3 is 2.83 bits per heavy atom. The van der Waals surface area contributed by atoms with Crippen LogP contribution in [0.1, 0.15) is 24.8 Å². The third-order valence-electron chi connectivity index (χ3n) is 2.81. The van der Waals surface area contributed by atoms with Crippen molar-refractivity contribution in [3.8, 4) is 11.1 Å². The van der Waals surface area contributed by atoms with Crippen molar-refractivity contribution in [2.75, 3.05) is 5.73 Å². The fourth-order valence-electron chi connectivity index (χ4n) is 1.83. The summed E-state index contributed by atoms with van der Waals surface area (Å²) in [4.78, 5) is 4.64. The van der Waals surface area contributed by atoms with Crippen LogP contribution in [0.3, 0.4) is 0 Å². The molecule has 0 atom stereocenters. The predicted octanol–water partition coefficient (Wildman–Crippen LogP) is 3.66. The number of hydrogen-bond acceptors (Lipinski definition) is 5. The molecule has 0 saturated carbocycles. The number of rotatable bonds is 2. The average Bonchev–Trinajstić information content (AvgIpc) is 2.93. The lowest BCUT2D eigenvalue weighted by molar-refractivity contribution is 0.436. The molecule has 3 rings (SSSR count). The monoisotopic (exact) mass is 259 g/mol. The van der Waals surface area contributed by atoms with E-state index < -0.39 is 0 Å². The van der Waals surface area contributed by atoms with Crippen molar-refractivity contribution in [2.24, 2.45) is 0 Å². The summed E-state index contributed by atoms with van der Waals surface area (Å²) < 4.78 is 6.08. The minimum absolute atomic E-state index is 0.341. The molecule has 0 radical (unpaired) electrons. The van der Waals surface area contributed by atoms with Crippen LogP contribution >= 0.6 is 11.3 Å². The highest BCUT2D eigenvalue weighted by Crippen LogP contribution is 2.32. The van der Waals surface area contributed by atoms with Crippen molar-refractivity contribution < 1.29 is 4.52 Å². The number of hydrogen-bond donors (Lipinski definition) is 1. The van der Waals surface area contributed by atoms with Gasteiger partial charge in [0.2, 0.25) is 5.88 Å². The van der Waals surface area contributed by atoms with Crippen molar-refractivity contribution in [3.63, 3.8) is 0 Å². The van der Waals surface area contributed by atoms with Gasteiger partial charge in [-0.15, -0.1) is 11.3 Å². The number of nitrogen functional groups attached to an aromatic ring is 1. The normalized spacial score (nSPS) is 11.5. The van der Waals surface area contributed by atoms with Gasteiger partial charge in [-0.3, -0.25) is 0 Å². The van der Waals surface area contributed by atoms with Gasteiger partial charge in [-0.25, -0.2) is 4.98 Å². The Hall–Kier alpha value is -1.88. The number of benzene rings is 1. The molecule has 0 fully saturated rings. The van der Waals surface area contributed by atoms with Gasteiger partial charge >= 0.3 is 0 Å². The molecule has 0 bridgehead atoms. The largest absolute Gasteiger partial charge is 0.367 e. The summed E-state index contributed by atoms with van der Waals surface area (Å²) in [5.41, 5.74) is 8.53. The number of anilines is 1. The number of aromatic nitrogens is 2. The lowest BCUT2D eigenvalue weighted by Gasteiger charge is -1.97. The molecule has 0 aliphatic heterocycles. The highest BCUT2D eigenvalue weighted by atomic mass is 32.1. The second-order valence-corrected chi connectivity index (χ2v) is 5.56. The smallest absolute Gasteiger partial charge is 0.229 e. The molecular formula is C13H13N3OS. The van der Waals surface area contributed by atoms with Crippen LogP contribution < -0.4 is 5.73 Å². The number of nitrogens with zero attached hydrogens (tertiary/aromatic N) is 2. The minimum atomic E-state index is 0.341. The summed E-state index contributed by atoms with van der Waals surface area (Å²) >= 11 is 1.73. The van der Waals surface area contributed by atoms with Crippen molar-refractivity contribution in [1.29, 1.82) is 0 Å². The fraction of sp³-hybridized carbons (Fsp3) is 0.231. The van der Waals surface area contributed by atoms with Gasteiger partial charge in [0, 0.05) is 5.92 Å². The molecule has 3 aromatic rings. The number of nitrogens with two attached hydrogens (primary N) is 1. The van der Waals surface area contributed by atoms with Gasteiger partial charge < -0.3 is 10.3 Å². The van der Waals surface area contributed by atoms with Gasteiger partial charge in [0.05, 0.1) is 27.0 Å². The Balaban J connectivity index is 2.14. The average molecular weight is 259 g/mol. The molecule has 2 aromatic heterocycles. The minimum Gasteiger partial charge on any atom is -0.367 e. The fourth-order valence-corrected chi connectivity index (χ4v) is 2.78. The van der Waals surface area contributed by atoms with Gasteiger partial charge in [0.25, 0.3) is 0 Å². The SMILES string of the molecule is CC(C)c1nc2cc(-c3cnoc3N)ccc2s1. The molecule has 2 heterocycles. The Morgan fingerprint density at radius 1 is 1.33 bits per heavy atom. The zero-order valence-corrected chi connectivity index (χ0v) is 11.0. The van der Waals surface area contributed by atoms with Crippen LogP contribution in [0.15, 0.2) is 28.9 Å². The zero-order valence-electron chi connectivity index (χ0n) is 10.2. The summed E-state index contributed by atoms with van der Waals surface area (Å²) in [6, 6.07) is 6.12. The third kappa shape index (κ3) is 1.76. The Morgan fingerprint density at radius 2 is 2.17 bits per heavy atom. The van der Waals surface area contributed by atoms with E-state index in [1.807, 2.05) is 12.1 Å². The quantitative estimate of drug-likeness (QED) is 0.762. The van der Waals surface area contributed by atoms with Crippen LogP contribution in [0.2, 0.25) is 0 Å². The van der Waals surface area contributed by atoms with Crippen LogP contribution in [0.25, 0.3) is 21.3 Å². The first kappa shape index (κ1) is 11.2. The number of thiazole rings is 1. The van der Waals surface area contributed by atoms with Gasteiger partial charge in [0.15, 0.2) is 0 Å². The Kier molecular flexibility index (Phi) is 2.56. The summed E-state index contributed by atoms with van der Waals surface area (Å²) in [7, 11) is 0. The lowest BCUT2D eigenvalue weighted by Crippen LogP contribution is -1.85. The summed E-state index contributed by atoms with van der Waals surface area (Å²) in [5.74, 6) is 0.792. The molecule has 0 saturated heterocycles. The number of fused-ring (bicyclic) bond motifs is 1. The van der Waals surface area contributed by atoms with E-state index in [1.165, 1.54) is 4.70 Å². The first-order valence-electron chi connectivity index (χ1n) is 5.76. The lowest BCUT2D eigenvalue weighted by atomic mass is 10.1. The van der Waals surface area contributed by atoms with E-state index in [9.17, 15) is 0 Å². The van der Waals surface area contributed by atoms with E-state index in [0.29, 0.717) is 11.8 Å². The van der Waals surface area contributed by atoms with E-state index in [2.05, 4.69) is 30.1 Å². The van der Waals surface area contributed by atoms with Crippen molar-refractivity contribution >= 4 is 27.4 Å². The summed E-state index contributed by atoms with van der Waals surface area (Å²) in [5, 5.41) is 4.85. The van der Waals surface area contributed by atoms with Gasteiger partial charge in [-0.1, -0.05) is 25.1 Å².